The van der Waals surface area contributed by atoms with Crippen LogP contribution in [0, 0.1) is 6.92 Å². The van der Waals surface area contributed by atoms with Crippen LogP contribution in [0.3, 0.4) is 0 Å². The van der Waals surface area contributed by atoms with Crippen molar-refractivity contribution in [3.05, 3.63) is 29.1 Å². The fourth-order valence-electron chi connectivity index (χ4n) is 2.12. The van der Waals surface area contributed by atoms with Gasteiger partial charge in [-0.3, -0.25) is 0 Å². The third kappa shape index (κ3) is 5.44. The number of hydrogen-bond acceptors (Lipinski definition) is 5. The number of nitrogens with zero attached hydrogens (tertiary/aromatic N) is 2. The second-order valence-corrected chi connectivity index (χ2v) is 6.61. The number of rotatable bonds is 8. The Morgan fingerprint density at radius 3 is 2.57 bits per heavy atom. The summed E-state index contributed by atoms with van der Waals surface area (Å²) in [6.45, 7) is 1.09. The molecule has 0 spiro atoms. The molecule has 0 radical (unpaired) electrons. The van der Waals surface area contributed by atoms with Crippen LogP contribution in [0.1, 0.15) is 11.3 Å². The molecule has 0 unspecified atom stereocenters. The molecule has 23 heavy (non-hydrogen) atoms. The minimum atomic E-state index is -2.81. The maximum Gasteiger partial charge on any atom is 0.387 e. The van der Waals surface area contributed by atoms with Crippen LogP contribution in [0.5, 0.6) is 5.75 Å². The van der Waals surface area contributed by atoms with E-state index in [0.717, 1.165) is 40.8 Å². The van der Waals surface area contributed by atoms with E-state index in [9.17, 15) is 8.78 Å². The normalized spacial score (nSPS) is 11.3. The van der Waals surface area contributed by atoms with Crippen molar-refractivity contribution in [2.45, 2.75) is 20.0 Å². The highest BCUT2D eigenvalue weighted by atomic mass is 32.1. The van der Waals surface area contributed by atoms with Gasteiger partial charge in [0.15, 0.2) is 5.13 Å². The van der Waals surface area contributed by atoms with E-state index in [4.69, 9.17) is 0 Å². The number of hydrogen-bond donors (Lipinski definition) is 1. The Hall–Kier alpha value is -1.73. The number of alkyl halides is 2. The Bertz CT molecular complexity index is 614. The van der Waals surface area contributed by atoms with E-state index in [0.29, 0.717) is 0 Å². The molecule has 0 fully saturated rings. The smallest absolute Gasteiger partial charge is 0.387 e. The summed E-state index contributed by atoms with van der Waals surface area (Å²) >= 11 is 1.60. The maximum atomic E-state index is 12.2. The molecule has 0 atom stereocenters. The summed E-state index contributed by atoms with van der Waals surface area (Å²) in [5.74, 6) is 0.152. The standard InChI is InChI=1S/C16H21F2N3OS/c1-11-14(12-5-7-13(8-6-12)22-15(17)18)20-16(23-11)19-9-4-10-21(2)3/h5-8,15H,4,9-10H2,1-3H3,(H,19,20). The predicted molar refractivity (Wildman–Crippen MR) is 90.6 cm³/mol. The Morgan fingerprint density at radius 1 is 1.26 bits per heavy atom. The summed E-state index contributed by atoms with van der Waals surface area (Å²) in [6, 6.07) is 6.56. The fourth-order valence-corrected chi connectivity index (χ4v) is 2.99. The highest BCUT2D eigenvalue weighted by Crippen LogP contribution is 2.31. The van der Waals surface area contributed by atoms with Crippen LogP contribution in [0.4, 0.5) is 13.9 Å². The van der Waals surface area contributed by atoms with Crippen molar-refractivity contribution < 1.29 is 13.5 Å². The molecule has 0 amide bonds. The SMILES string of the molecule is Cc1sc(NCCCN(C)C)nc1-c1ccc(OC(F)F)cc1. The van der Waals surface area contributed by atoms with E-state index in [1.807, 2.05) is 21.0 Å². The van der Waals surface area contributed by atoms with E-state index in [1.165, 1.54) is 12.1 Å². The van der Waals surface area contributed by atoms with Crippen LogP contribution in [0.25, 0.3) is 11.3 Å². The highest BCUT2D eigenvalue weighted by molar-refractivity contribution is 7.16. The molecule has 1 heterocycles. The first-order chi connectivity index (χ1) is 11.0. The summed E-state index contributed by atoms with van der Waals surface area (Å²) in [5, 5.41) is 4.20. The first-order valence-electron chi connectivity index (χ1n) is 7.37. The van der Waals surface area contributed by atoms with Gasteiger partial charge in [0, 0.05) is 17.0 Å². The van der Waals surface area contributed by atoms with Crippen molar-refractivity contribution >= 4 is 16.5 Å². The van der Waals surface area contributed by atoms with Crippen LogP contribution in [0.2, 0.25) is 0 Å². The Balaban J connectivity index is 2.00. The van der Waals surface area contributed by atoms with Crippen molar-refractivity contribution in [1.29, 1.82) is 0 Å². The summed E-state index contributed by atoms with van der Waals surface area (Å²) in [5.41, 5.74) is 1.76. The fraction of sp³-hybridized carbons (Fsp3) is 0.438. The number of anilines is 1. The zero-order valence-corrected chi connectivity index (χ0v) is 14.3. The van der Waals surface area contributed by atoms with Gasteiger partial charge in [0.25, 0.3) is 0 Å². The molecule has 0 aliphatic rings. The van der Waals surface area contributed by atoms with Crippen LogP contribution < -0.4 is 10.1 Å². The van der Waals surface area contributed by atoms with Crippen LogP contribution in [-0.2, 0) is 0 Å². The van der Waals surface area contributed by atoms with Crippen molar-refractivity contribution in [2.75, 3.05) is 32.5 Å². The number of nitrogens with one attached hydrogen (secondary N) is 1. The van der Waals surface area contributed by atoms with Gasteiger partial charge in [0.1, 0.15) is 5.75 Å². The highest BCUT2D eigenvalue weighted by Gasteiger charge is 2.11. The van der Waals surface area contributed by atoms with Gasteiger partial charge >= 0.3 is 6.61 Å². The molecule has 0 bridgehead atoms. The van der Waals surface area contributed by atoms with Crippen molar-refractivity contribution in [3.8, 4) is 17.0 Å². The number of halogens is 2. The third-order valence-electron chi connectivity index (χ3n) is 3.21. The topological polar surface area (TPSA) is 37.4 Å². The van der Waals surface area contributed by atoms with Gasteiger partial charge in [-0.1, -0.05) is 0 Å². The molecule has 1 N–H and O–H groups in total. The third-order valence-corrected chi connectivity index (χ3v) is 4.14. The van der Waals surface area contributed by atoms with E-state index >= 15 is 0 Å². The molecule has 1 aromatic heterocycles. The summed E-state index contributed by atoms with van der Waals surface area (Å²) < 4.78 is 28.7. The monoisotopic (exact) mass is 341 g/mol. The molecule has 4 nitrogen and oxygen atoms in total. The lowest BCUT2D eigenvalue weighted by molar-refractivity contribution is -0.0498. The second-order valence-electron chi connectivity index (χ2n) is 5.41. The molecule has 0 saturated carbocycles. The largest absolute Gasteiger partial charge is 0.435 e. The number of thiazole rings is 1. The number of benzene rings is 1. The molecule has 7 heteroatoms. The van der Waals surface area contributed by atoms with Gasteiger partial charge in [-0.05, 0) is 58.3 Å². The van der Waals surface area contributed by atoms with Crippen molar-refractivity contribution in [1.82, 2.24) is 9.88 Å². The van der Waals surface area contributed by atoms with E-state index < -0.39 is 6.61 Å². The summed E-state index contributed by atoms with van der Waals surface area (Å²) in [6.07, 6.45) is 1.04. The van der Waals surface area contributed by atoms with Crippen molar-refractivity contribution in [3.63, 3.8) is 0 Å². The van der Waals surface area contributed by atoms with E-state index in [-0.39, 0.29) is 5.75 Å². The van der Waals surface area contributed by atoms with Crippen LogP contribution >= 0.6 is 11.3 Å². The molecule has 1 aromatic carbocycles. The maximum absolute atomic E-state index is 12.2. The second kappa shape index (κ2) is 8.21. The molecule has 2 rings (SSSR count). The van der Waals surface area contributed by atoms with Crippen LogP contribution in [-0.4, -0.2) is 43.7 Å². The average Bonchev–Trinajstić information content (AvgIpc) is 2.85. The van der Waals surface area contributed by atoms with E-state index in [2.05, 4.69) is 19.9 Å². The van der Waals surface area contributed by atoms with Gasteiger partial charge in [0.2, 0.25) is 0 Å². The Kier molecular flexibility index (Phi) is 6.29. The zero-order chi connectivity index (χ0) is 16.8. The molecular formula is C16H21F2N3OS. The van der Waals surface area contributed by atoms with Gasteiger partial charge in [-0.2, -0.15) is 8.78 Å². The predicted octanol–water partition coefficient (Wildman–Crippen LogP) is 4.08. The first-order valence-corrected chi connectivity index (χ1v) is 8.18. The summed E-state index contributed by atoms with van der Waals surface area (Å²) in [4.78, 5) is 7.82. The van der Waals surface area contributed by atoms with E-state index in [1.54, 1.807) is 23.5 Å². The minimum Gasteiger partial charge on any atom is -0.435 e. The molecule has 2 aromatic rings. The molecule has 0 aliphatic carbocycles. The van der Waals surface area contributed by atoms with Gasteiger partial charge in [-0.15, -0.1) is 11.3 Å². The number of aromatic nitrogens is 1. The van der Waals surface area contributed by atoms with Crippen LogP contribution in [0.15, 0.2) is 24.3 Å². The molecule has 126 valence electrons. The number of aryl methyl sites for hydroxylation is 1. The summed E-state index contributed by atoms with van der Waals surface area (Å²) in [7, 11) is 4.10. The lowest BCUT2D eigenvalue weighted by Gasteiger charge is -2.08. The van der Waals surface area contributed by atoms with Crippen molar-refractivity contribution in [2.24, 2.45) is 0 Å². The average molecular weight is 341 g/mol. The lowest BCUT2D eigenvalue weighted by atomic mass is 10.1. The zero-order valence-electron chi connectivity index (χ0n) is 13.5. The molecule has 0 aliphatic heterocycles. The molecule has 0 saturated heterocycles. The van der Waals surface area contributed by atoms with Gasteiger partial charge in [0.05, 0.1) is 5.69 Å². The Labute approximate surface area is 139 Å². The number of ether oxygens (including phenoxy) is 1. The first kappa shape index (κ1) is 17.6. The molecular weight excluding hydrogens is 320 g/mol. The lowest BCUT2D eigenvalue weighted by Crippen LogP contribution is -2.16. The Morgan fingerprint density at radius 2 is 1.96 bits per heavy atom. The van der Waals surface area contributed by atoms with Gasteiger partial charge < -0.3 is 15.0 Å². The quantitative estimate of drug-likeness (QED) is 0.734. The minimum absolute atomic E-state index is 0.152. The van der Waals surface area contributed by atoms with Gasteiger partial charge in [-0.25, -0.2) is 4.98 Å².